The Bertz CT molecular complexity index is 522. The zero-order chi connectivity index (χ0) is 14.8. The molecule has 1 aromatic carbocycles. The third-order valence-electron chi connectivity index (χ3n) is 4.09. The molecule has 2 N–H and O–H groups in total. The summed E-state index contributed by atoms with van der Waals surface area (Å²) in [5.41, 5.74) is 6.49. The minimum atomic E-state index is -0.106. The Morgan fingerprint density at radius 1 is 1.35 bits per heavy atom. The quantitative estimate of drug-likeness (QED) is 0.689. The highest BCUT2D eigenvalue weighted by molar-refractivity contribution is 7.98. The summed E-state index contributed by atoms with van der Waals surface area (Å²) >= 11 is 6.74. The van der Waals surface area contributed by atoms with Crippen molar-refractivity contribution in [2.24, 2.45) is 11.1 Å². The lowest BCUT2D eigenvalue weighted by Gasteiger charge is -2.38. The number of hydrogen-bond donors (Lipinski definition) is 1. The molecule has 1 aromatic rings. The molecular formula is C15H20N2OS2. The topological polar surface area (TPSA) is 46.3 Å². The molecule has 0 unspecified atom stereocenters. The van der Waals surface area contributed by atoms with Crippen LogP contribution in [-0.4, -0.2) is 35.1 Å². The second-order valence-corrected chi connectivity index (χ2v) is 6.71. The highest BCUT2D eigenvalue weighted by Gasteiger charge is 2.34. The molecule has 1 aliphatic rings. The molecule has 0 radical (unpaired) electrons. The Kier molecular flexibility index (Phi) is 4.70. The standard InChI is InChI=1S/C15H20N2OS2/c1-15(14(16)19)7-9-17(10-8-15)13(18)11-5-3-4-6-12(11)20-2/h3-6H,7-10H2,1-2H3,(H2,16,19). The average Bonchev–Trinajstić information content (AvgIpc) is 2.47. The molecule has 0 aromatic heterocycles. The van der Waals surface area contributed by atoms with E-state index in [4.69, 9.17) is 18.0 Å². The van der Waals surface area contributed by atoms with Gasteiger partial charge < -0.3 is 10.6 Å². The summed E-state index contributed by atoms with van der Waals surface area (Å²) in [6.07, 6.45) is 3.68. The van der Waals surface area contributed by atoms with E-state index >= 15 is 0 Å². The lowest BCUT2D eigenvalue weighted by Crippen LogP contribution is -2.46. The Hall–Kier alpha value is -1.07. The van der Waals surface area contributed by atoms with E-state index in [1.165, 1.54) is 0 Å². The SMILES string of the molecule is CSc1ccccc1C(=O)N1CCC(C)(C(N)=S)CC1. The molecular weight excluding hydrogens is 288 g/mol. The number of likely N-dealkylation sites (tertiary alicyclic amines) is 1. The number of nitrogens with two attached hydrogens (primary N) is 1. The van der Waals surface area contributed by atoms with Crippen LogP contribution >= 0.6 is 24.0 Å². The Labute approximate surface area is 129 Å². The number of carbonyl (C=O) groups excluding carboxylic acids is 1. The molecule has 0 aliphatic carbocycles. The van der Waals surface area contributed by atoms with E-state index in [0.717, 1.165) is 36.4 Å². The Morgan fingerprint density at radius 3 is 2.50 bits per heavy atom. The first-order valence-electron chi connectivity index (χ1n) is 6.70. The van der Waals surface area contributed by atoms with Crippen LogP contribution in [0.25, 0.3) is 0 Å². The summed E-state index contributed by atoms with van der Waals surface area (Å²) in [5, 5.41) is 0. The molecule has 1 amide bonds. The van der Waals surface area contributed by atoms with Gasteiger partial charge in [-0.05, 0) is 31.2 Å². The third kappa shape index (κ3) is 2.99. The van der Waals surface area contributed by atoms with Crippen molar-refractivity contribution < 1.29 is 4.79 Å². The number of rotatable bonds is 3. The number of amides is 1. The summed E-state index contributed by atoms with van der Waals surface area (Å²) < 4.78 is 0. The summed E-state index contributed by atoms with van der Waals surface area (Å²) in [4.78, 5) is 16.1. The van der Waals surface area contributed by atoms with Gasteiger partial charge in [-0.3, -0.25) is 4.79 Å². The molecule has 1 aliphatic heterocycles. The van der Waals surface area contributed by atoms with Crippen molar-refractivity contribution in [3.05, 3.63) is 29.8 Å². The van der Waals surface area contributed by atoms with E-state index in [9.17, 15) is 4.79 Å². The van der Waals surface area contributed by atoms with Crippen molar-refractivity contribution in [2.45, 2.75) is 24.7 Å². The molecule has 0 saturated carbocycles. The van der Waals surface area contributed by atoms with Crippen LogP contribution in [0.5, 0.6) is 0 Å². The molecule has 0 spiro atoms. The van der Waals surface area contributed by atoms with E-state index in [2.05, 4.69) is 6.92 Å². The Morgan fingerprint density at radius 2 is 1.95 bits per heavy atom. The van der Waals surface area contributed by atoms with E-state index in [-0.39, 0.29) is 11.3 Å². The van der Waals surface area contributed by atoms with Crippen molar-refractivity contribution >= 4 is 34.9 Å². The van der Waals surface area contributed by atoms with Crippen LogP contribution in [0.2, 0.25) is 0 Å². The maximum absolute atomic E-state index is 12.6. The smallest absolute Gasteiger partial charge is 0.254 e. The summed E-state index contributed by atoms with van der Waals surface area (Å²) in [7, 11) is 0. The number of piperidine rings is 1. The molecule has 3 nitrogen and oxygen atoms in total. The molecule has 1 saturated heterocycles. The third-order valence-corrected chi connectivity index (χ3v) is 5.38. The summed E-state index contributed by atoms with van der Waals surface area (Å²) in [6, 6.07) is 7.76. The van der Waals surface area contributed by atoms with Gasteiger partial charge in [-0.25, -0.2) is 0 Å². The zero-order valence-corrected chi connectivity index (χ0v) is 13.5. The molecule has 1 heterocycles. The second-order valence-electron chi connectivity index (χ2n) is 5.42. The van der Waals surface area contributed by atoms with Gasteiger partial charge >= 0.3 is 0 Å². The second kappa shape index (κ2) is 6.14. The van der Waals surface area contributed by atoms with Gasteiger partial charge in [0.15, 0.2) is 0 Å². The average molecular weight is 308 g/mol. The molecule has 5 heteroatoms. The number of carbonyl (C=O) groups is 1. The molecule has 108 valence electrons. The number of nitrogens with zero attached hydrogens (tertiary/aromatic N) is 1. The zero-order valence-electron chi connectivity index (χ0n) is 11.9. The van der Waals surface area contributed by atoms with Gasteiger partial charge in [0.05, 0.1) is 10.6 Å². The van der Waals surface area contributed by atoms with Gasteiger partial charge in [-0.2, -0.15) is 0 Å². The normalized spacial score (nSPS) is 17.8. The van der Waals surface area contributed by atoms with Crippen LogP contribution < -0.4 is 5.73 Å². The fraction of sp³-hybridized carbons (Fsp3) is 0.467. The first kappa shape index (κ1) is 15.3. The van der Waals surface area contributed by atoms with E-state index in [1.54, 1.807) is 11.8 Å². The minimum Gasteiger partial charge on any atom is -0.393 e. The van der Waals surface area contributed by atoms with Crippen LogP contribution in [0.15, 0.2) is 29.2 Å². The summed E-state index contributed by atoms with van der Waals surface area (Å²) in [6.45, 7) is 3.53. The summed E-state index contributed by atoms with van der Waals surface area (Å²) in [5.74, 6) is 0.111. The van der Waals surface area contributed by atoms with Gasteiger partial charge in [-0.1, -0.05) is 31.3 Å². The highest BCUT2D eigenvalue weighted by Crippen LogP contribution is 2.32. The lowest BCUT2D eigenvalue weighted by molar-refractivity contribution is 0.0667. The minimum absolute atomic E-state index is 0.106. The van der Waals surface area contributed by atoms with Crippen LogP contribution in [0.1, 0.15) is 30.1 Å². The fourth-order valence-electron chi connectivity index (χ4n) is 2.44. The van der Waals surface area contributed by atoms with Crippen LogP contribution in [0.3, 0.4) is 0 Å². The lowest BCUT2D eigenvalue weighted by atomic mass is 9.80. The van der Waals surface area contributed by atoms with Crippen molar-refractivity contribution in [1.82, 2.24) is 4.90 Å². The van der Waals surface area contributed by atoms with Crippen LogP contribution in [-0.2, 0) is 0 Å². The number of thioether (sulfide) groups is 1. The Balaban J connectivity index is 2.11. The fourth-order valence-corrected chi connectivity index (χ4v) is 3.24. The maximum Gasteiger partial charge on any atom is 0.254 e. The van der Waals surface area contributed by atoms with Crippen molar-refractivity contribution in [1.29, 1.82) is 0 Å². The largest absolute Gasteiger partial charge is 0.393 e. The van der Waals surface area contributed by atoms with E-state index < -0.39 is 0 Å². The van der Waals surface area contributed by atoms with E-state index in [0.29, 0.717) is 4.99 Å². The molecule has 0 bridgehead atoms. The number of benzene rings is 1. The van der Waals surface area contributed by atoms with Crippen molar-refractivity contribution in [3.8, 4) is 0 Å². The molecule has 20 heavy (non-hydrogen) atoms. The van der Waals surface area contributed by atoms with Crippen molar-refractivity contribution in [3.63, 3.8) is 0 Å². The predicted molar refractivity (Wildman–Crippen MR) is 88.3 cm³/mol. The molecule has 2 rings (SSSR count). The van der Waals surface area contributed by atoms with Gasteiger partial charge in [0, 0.05) is 23.4 Å². The van der Waals surface area contributed by atoms with Crippen molar-refractivity contribution in [2.75, 3.05) is 19.3 Å². The van der Waals surface area contributed by atoms with Gasteiger partial charge in [0.1, 0.15) is 0 Å². The van der Waals surface area contributed by atoms with Crippen LogP contribution in [0, 0.1) is 5.41 Å². The number of hydrogen-bond acceptors (Lipinski definition) is 3. The highest BCUT2D eigenvalue weighted by atomic mass is 32.2. The monoisotopic (exact) mass is 308 g/mol. The predicted octanol–water partition coefficient (Wildman–Crippen LogP) is 2.94. The van der Waals surface area contributed by atoms with Gasteiger partial charge in [-0.15, -0.1) is 11.8 Å². The van der Waals surface area contributed by atoms with Gasteiger partial charge in [0.25, 0.3) is 5.91 Å². The molecule has 1 fully saturated rings. The van der Waals surface area contributed by atoms with Gasteiger partial charge in [0.2, 0.25) is 0 Å². The maximum atomic E-state index is 12.6. The molecule has 0 atom stereocenters. The number of thiocarbonyl (C=S) groups is 1. The van der Waals surface area contributed by atoms with E-state index in [1.807, 2.05) is 35.4 Å². The first-order valence-corrected chi connectivity index (χ1v) is 8.33. The van der Waals surface area contributed by atoms with Crippen LogP contribution in [0.4, 0.5) is 0 Å². The first-order chi connectivity index (χ1) is 9.48.